The Morgan fingerprint density at radius 1 is 1.00 bits per heavy atom. The molecule has 0 saturated carbocycles. The Morgan fingerprint density at radius 3 is 2.58 bits per heavy atom. The third-order valence-corrected chi connectivity index (χ3v) is 7.28. The number of hydrogen-bond donors (Lipinski definition) is 2. The van der Waals surface area contributed by atoms with E-state index in [2.05, 4.69) is 51.7 Å². The summed E-state index contributed by atoms with van der Waals surface area (Å²) in [6.07, 6.45) is 6.99. The Bertz CT molecular complexity index is 1520. The van der Waals surface area contributed by atoms with Gasteiger partial charge in [-0.2, -0.15) is 4.98 Å². The molecule has 2 fully saturated rings. The van der Waals surface area contributed by atoms with Gasteiger partial charge in [0.1, 0.15) is 6.10 Å². The van der Waals surface area contributed by atoms with Crippen LogP contribution in [-0.4, -0.2) is 40.3 Å². The van der Waals surface area contributed by atoms with Gasteiger partial charge >= 0.3 is 0 Å². The predicted octanol–water partition coefficient (Wildman–Crippen LogP) is 4.91. The monoisotopic (exact) mass is 505 g/mol. The Kier molecular flexibility index (Phi) is 7.16. The second-order valence-electron chi connectivity index (χ2n) is 9.90. The zero-order chi connectivity index (χ0) is 25.7. The molecular weight excluding hydrogens is 474 g/mol. The molecule has 0 amide bonds. The number of fused-ring (bicyclic) bond motifs is 1. The number of rotatable bonds is 4. The smallest absolute Gasteiger partial charge is 0.272 e. The molecule has 2 aromatic carbocycles. The van der Waals surface area contributed by atoms with E-state index in [1.165, 1.54) is 5.56 Å². The van der Waals surface area contributed by atoms with Crippen LogP contribution in [0.15, 0.2) is 71.7 Å². The molecule has 192 valence electrons. The fourth-order valence-electron chi connectivity index (χ4n) is 5.20. The molecule has 1 unspecified atom stereocenters. The van der Waals surface area contributed by atoms with E-state index in [0.29, 0.717) is 23.1 Å². The largest absolute Gasteiger partial charge is 0.366 e. The standard InChI is InChI=1S/C31H31N5O2/c37-30-24(11-14-28-8-4-5-19-38-28)20-25-21-33-31(35-29(25)36(30)27-6-2-1-3-7-27)34-26-12-9-22(10-13-26)23-15-17-32-18-16-23/h1-3,6-7,9-10,12-13,20-21,23,28,32H,4-5,8,15-19H2,(H,33,34,35). The highest BCUT2D eigenvalue weighted by Crippen LogP contribution is 2.27. The van der Waals surface area contributed by atoms with Crippen LogP contribution in [-0.2, 0) is 4.74 Å². The maximum Gasteiger partial charge on any atom is 0.272 e. The number of para-hydroxylation sites is 1. The SMILES string of the molecule is O=c1c(C#CC2CCCCO2)cc2cnc(Nc3ccc(C4CCNCC4)cc3)nc2n1-c1ccccc1. The van der Waals surface area contributed by atoms with Gasteiger partial charge in [0, 0.05) is 23.9 Å². The molecule has 7 nitrogen and oxygen atoms in total. The van der Waals surface area contributed by atoms with Crippen molar-refractivity contribution in [3.8, 4) is 17.5 Å². The van der Waals surface area contributed by atoms with Crippen molar-refractivity contribution in [1.82, 2.24) is 19.9 Å². The highest BCUT2D eigenvalue weighted by Gasteiger charge is 2.16. The second-order valence-corrected chi connectivity index (χ2v) is 9.90. The van der Waals surface area contributed by atoms with E-state index < -0.39 is 0 Å². The lowest BCUT2D eigenvalue weighted by atomic mass is 9.90. The zero-order valence-electron chi connectivity index (χ0n) is 21.3. The minimum absolute atomic E-state index is 0.131. The third-order valence-electron chi connectivity index (χ3n) is 7.28. The van der Waals surface area contributed by atoms with E-state index >= 15 is 0 Å². The van der Waals surface area contributed by atoms with Crippen molar-refractivity contribution in [3.05, 3.63) is 88.3 Å². The summed E-state index contributed by atoms with van der Waals surface area (Å²) in [5.74, 6) is 7.28. The number of nitrogens with zero attached hydrogens (tertiary/aromatic N) is 3. The van der Waals surface area contributed by atoms with Crippen LogP contribution in [0.3, 0.4) is 0 Å². The van der Waals surface area contributed by atoms with Crippen molar-refractivity contribution in [2.75, 3.05) is 25.0 Å². The molecule has 2 aliphatic rings. The van der Waals surface area contributed by atoms with Gasteiger partial charge in [0.25, 0.3) is 5.56 Å². The molecule has 4 heterocycles. The van der Waals surface area contributed by atoms with Crippen LogP contribution in [0.1, 0.15) is 49.1 Å². The molecule has 2 N–H and O–H groups in total. The van der Waals surface area contributed by atoms with E-state index in [0.717, 1.165) is 68.6 Å². The third kappa shape index (κ3) is 5.33. The van der Waals surface area contributed by atoms with Crippen molar-refractivity contribution in [3.63, 3.8) is 0 Å². The normalized spacial score (nSPS) is 18.1. The maximum atomic E-state index is 13.6. The molecule has 2 aromatic heterocycles. The average molecular weight is 506 g/mol. The second kappa shape index (κ2) is 11.2. The summed E-state index contributed by atoms with van der Waals surface area (Å²) in [6.45, 7) is 2.86. The van der Waals surface area contributed by atoms with Gasteiger partial charge in [0.2, 0.25) is 5.95 Å². The number of anilines is 2. The quantitative estimate of drug-likeness (QED) is 0.384. The minimum atomic E-state index is -0.206. The Hall–Kier alpha value is -3.99. The maximum absolute atomic E-state index is 13.6. The predicted molar refractivity (Wildman–Crippen MR) is 150 cm³/mol. The molecule has 2 saturated heterocycles. The molecule has 0 spiro atoms. The van der Waals surface area contributed by atoms with Gasteiger partial charge in [-0.1, -0.05) is 42.2 Å². The van der Waals surface area contributed by atoms with Crippen LogP contribution in [0.4, 0.5) is 11.6 Å². The van der Waals surface area contributed by atoms with Gasteiger partial charge in [-0.3, -0.25) is 9.36 Å². The van der Waals surface area contributed by atoms with Crippen LogP contribution < -0.4 is 16.2 Å². The van der Waals surface area contributed by atoms with Crippen molar-refractivity contribution in [1.29, 1.82) is 0 Å². The summed E-state index contributed by atoms with van der Waals surface area (Å²) < 4.78 is 7.36. The van der Waals surface area contributed by atoms with Gasteiger partial charge in [-0.25, -0.2) is 4.98 Å². The molecule has 1 atom stereocenters. The molecule has 2 aliphatic heterocycles. The summed E-state index contributed by atoms with van der Waals surface area (Å²) >= 11 is 0. The lowest BCUT2D eigenvalue weighted by Crippen LogP contribution is -2.26. The van der Waals surface area contributed by atoms with Gasteiger partial charge in [0.15, 0.2) is 5.65 Å². The summed E-state index contributed by atoms with van der Waals surface area (Å²) in [5.41, 5.74) is 3.74. The van der Waals surface area contributed by atoms with E-state index in [4.69, 9.17) is 9.72 Å². The Morgan fingerprint density at radius 2 is 1.82 bits per heavy atom. The number of piperidine rings is 1. The Balaban J connectivity index is 1.34. The fourth-order valence-corrected chi connectivity index (χ4v) is 5.20. The van der Waals surface area contributed by atoms with Crippen molar-refractivity contribution >= 4 is 22.7 Å². The van der Waals surface area contributed by atoms with Gasteiger partial charge in [-0.15, -0.1) is 0 Å². The molecular formula is C31H31N5O2. The van der Waals surface area contributed by atoms with E-state index in [-0.39, 0.29) is 11.7 Å². The lowest BCUT2D eigenvalue weighted by Gasteiger charge is -2.23. The minimum Gasteiger partial charge on any atom is -0.366 e. The fraction of sp³-hybridized carbons (Fsp3) is 0.323. The molecule has 0 aliphatic carbocycles. The van der Waals surface area contributed by atoms with Crippen LogP contribution in [0, 0.1) is 11.8 Å². The molecule has 4 aromatic rings. The number of aromatic nitrogens is 3. The number of benzene rings is 2. The first-order chi connectivity index (χ1) is 18.7. The van der Waals surface area contributed by atoms with Gasteiger partial charge in [-0.05, 0) is 87.0 Å². The van der Waals surface area contributed by atoms with Crippen LogP contribution in [0.25, 0.3) is 16.7 Å². The summed E-state index contributed by atoms with van der Waals surface area (Å²) in [7, 11) is 0. The topological polar surface area (TPSA) is 81.1 Å². The van der Waals surface area contributed by atoms with Crippen LogP contribution >= 0.6 is 0 Å². The summed E-state index contributed by atoms with van der Waals surface area (Å²) in [5, 5.41) is 7.48. The molecule has 6 rings (SSSR count). The van der Waals surface area contributed by atoms with Crippen molar-refractivity contribution in [2.24, 2.45) is 0 Å². The van der Waals surface area contributed by atoms with E-state index in [9.17, 15) is 4.79 Å². The van der Waals surface area contributed by atoms with Crippen LogP contribution in [0.2, 0.25) is 0 Å². The molecule has 0 radical (unpaired) electrons. The summed E-state index contributed by atoms with van der Waals surface area (Å²) in [4.78, 5) is 23.0. The summed E-state index contributed by atoms with van der Waals surface area (Å²) in [6, 6.07) is 19.8. The average Bonchev–Trinajstić information content (AvgIpc) is 2.98. The first-order valence-electron chi connectivity index (χ1n) is 13.4. The van der Waals surface area contributed by atoms with E-state index in [1.54, 1.807) is 16.8 Å². The van der Waals surface area contributed by atoms with Crippen LogP contribution in [0.5, 0.6) is 0 Å². The number of pyridine rings is 1. The molecule has 38 heavy (non-hydrogen) atoms. The lowest BCUT2D eigenvalue weighted by molar-refractivity contribution is 0.0526. The van der Waals surface area contributed by atoms with E-state index in [1.807, 2.05) is 30.3 Å². The molecule has 7 heteroatoms. The van der Waals surface area contributed by atoms with Gasteiger partial charge in [0.05, 0.1) is 11.3 Å². The Labute approximate surface area is 222 Å². The van der Waals surface area contributed by atoms with Gasteiger partial charge < -0.3 is 15.4 Å². The zero-order valence-corrected chi connectivity index (χ0v) is 21.3. The van der Waals surface area contributed by atoms with Crippen molar-refractivity contribution < 1.29 is 4.74 Å². The molecule has 0 bridgehead atoms. The number of nitrogens with one attached hydrogen (secondary N) is 2. The first-order valence-corrected chi connectivity index (χ1v) is 13.4. The highest BCUT2D eigenvalue weighted by molar-refractivity contribution is 5.79. The van der Waals surface area contributed by atoms with Crippen molar-refractivity contribution in [2.45, 2.75) is 44.1 Å². The number of hydrogen-bond acceptors (Lipinski definition) is 6. The number of ether oxygens (including phenoxy) is 1. The highest BCUT2D eigenvalue weighted by atomic mass is 16.5. The first kappa shape index (κ1) is 24.4.